The van der Waals surface area contributed by atoms with Crippen LogP contribution < -0.4 is 5.73 Å². The van der Waals surface area contributed by atoms with E-state index in [0.29, 0.717) is 11.1 Å². The second-order valence-corrected chi connectivity index (χ2v) is 4.39. The lowest BCUT2D eigenvalue weighted by atomic mass is 9.91. The Hall–Kier alpha value is -1.81. The first-order valence-corrected chi connectivity index (χ1v) is 6.00. The van der Waals surface area contributed by atoms with Crippen molar-refractivity contribution in [2.24, 2.45) is 5.73 Å². The van der Waals surface area contributed by atoms with Crippen LogP contribution in [0.15, 0.2) is 42.5 Å². The maximum atomic E-state index is 13.7. The Balaban J connectivity index is 2.28. The average molecular weight is 265 g/mol. The van der Waals surface area contributed by atoms with Crippen molar-refractivity contribution in [1.82, 2.24) is 0 Å². The number of nitrogens with two attached hydrogens (primary N) is 1. The number of hydrogen-bond acceptors (Lipinski definition) is 1. The van der Waals surface area contributed by atoms with Gasteiger partial charge in [0.05, 0.1) is 0 Å². The molecule has 2 aromatic carbocycles. The van der Waals surface area contributed by atoms with Gasteiger partial charge in [-0.05, 0) is 36.2 Å². The van der Waals surface area contributed by atoms with Crippen molar-refractivity contribution in [3.8, 4) is 0 Å². The molecule has 100 valence electrons. The molecule has 0 heterocycles. The van der Waals surface area contributed by atoms with Crippen molar-refractivity contribution in [1.29, 1.82) is 0 Å². The van der Waals surface area contributed by atoms with Crippen molar-refractivity contribution >= 4 is 0 Å². The minimum Gasteiger partial charge on any atom is -0.330 e. The van der Waals surface area contributed by atoms with Crippen molar-refractivity contribution in [2.75, 3.05) is 6.54 Å². The van der Waals surface area contributed by atoms with E-state index in [4.69, 9.17) is 5.73 Å². The predicted octanol–water partition coefficient (Wildman–Crippen LogP) is 3.39. The maximum Gasteiger partial charge on any atom is 0.129 e. The molecule has 4 heteroatoms. The van der Waals surface area contributed by atoms with Gasteiger partial charge in [-0.3, -0.25) is 0 Å². The van der Waals surface area contributed by atoms with E-state index in [1.165, 1.54) is 18.2 Å². The highest BCUT2D eigenvalue weighted by Gasteiger charge is 2.17. The lowest BCUT2D eigenvalue weighted by Gasteiger charge is -2.16. The van der Waals surface area contributed by atoms with E-state index >= 15 is 0 Å². The molecule has 0 amide bonds. The molecular weight excluding hydrogens is 251 g/mol. The van der Waals surface area contributed by atoms with Crippen molar-refractivity contribution < 1.29 is 13.2 Å². The van der Waals surface area contributed by atoms with Crippen LogP contribution in [-0.2, 0) is 6.42 Å². The van der Waals surface area contributed by atoms with E-state index in [1.54, 1.807) is 18.2 Å². The molecule has 0 aliphatic carbocycles. The Kier molecular flexibility index (Phi) is 4.22. The zero-order chi connectivity index (χ0) is 13.8. The quantitative estimate of drug-likeness (QED) is 0.901. The largest absolute Gasteiger partial charge is 0.330 e. The summed E-state index contributed by atoms with van der Waals surface area (Å²) in [6.45, 7) is 0.164. The van der Waals surface area contributed by atoms with E-state index in [-0.39, 0.29) is 24.7 Å². The molecule has 0 fully saturated rings. The summed E-state index contributed by atoms with van der Waals surface area (Å²) in [5, 5.41) is 0. The first kappa shape index (κ1) is 13.6. The Labute approximate surface area is 109 Å². The van der Waals surface area contributed by atoms with E-state index < -0.39 is 11.6 Å². The zero-order valence-corrected chi connectivity index (χ0v) is 10.2. The monoisotopic (exact) mass is 265 g/mol. The molecule has 0 aliphatic rings. The van der Waals surface area contributed by atoms with Gasteiger partial charge in [-0.15, -0.1) is 0 Å². The van der Waals surface area contributed by atoms with Crippen molar-refractivity contribution in [2.45, 2.75) is 12.3 Å². The third-order valence-corrected chi connectivity index (χ3v) is 3.11. The fourth-order valence-electron chi connectivity index (χ4n) is 2.08. The minimum atomic E-state index is -0.646. The molecule has 19 heavy (non-hydrogen) atoms. The molecule has 2 N–H and O–H groups in total. The molecule has 0 aromatic heterocycles. The molecule has 0 radical (unpaired) electrons. The maximum absolute atomic E-state index is 13.7. The number of hydrogen-bond donors (Lipinski definition) is 1. The summed E-state index contributed by atoms with van der Waals surface area (Å²) in [6.07, 6.45) is 0.283. The van der Waals surface area contributed by atoms with Crippen LogP contribution in [0.4, 0.5) is 13.2 Å². The van der Waals surface area contributed by atoms with E-state index in [2.05, 4.69) is 0 Å². The SMILES string of the molecule is NCC(Cc1ccccc1F)c1ccc(F)cc1F. The standard InChI is InChI=1S/C15H14F3N/c16-12-5-6-13(15(18)8-12)11(9-19)7-10-3-1-2-4-14(10)17/h1-6,8,11H,7,9,19H2. The number of halogens is 3. The molecule has 1 nitrogen and oxygen atoms in total. The van der Waals surface area contributed by atoms with E-state index in [9.17, 15) is 13.2 Å². The Morgan fingerprint density at radius 3 is 2.32 bits per heavy atom. The Morgan fingerprint density at radius 1 is 0.947 bits per heavy atom. The highest BCUT2D eigenvalue weighted by Crippen LogP contribution is 2.24. The van der Waals surface area contributed by atoms with Gasteiger partial charge >= 0.3 is 0 Å². The molecule has 0 saturated heterocycles. The molecule has 0 saturated carbocycles. The fourth-order valence-corrected chi connectivity index (χ4v) is 2.08. The topological polar surface area (TPSA) is 26.0 Å². The molecule has 1 atom stereocenters. The molecular formula is C15H14F3N. The third-order valence-electron chi connectivity index (χ3n) is 3.11. The van der Waals surface area contributed by atoms with Crippen LogP contribution in [0, 0.1) is 17.5 Å². The summed E-state index contributed by atoms with van der Waals surface area (Å²) in [5.74, 6) is -2.00. The van der Waals surface area contributed by atoms with Crippen LogP contribution in [0.5, 0.6) is 0 Å². The van der Waals surface area contributed by atoms with Gasteiger partial charge in [0.25, 0.3) is 0 Å². The van der Waals surface area contributed by atoms with Gasteiger partial charge in [0.1, 0.15) is 17.5 Å². The molecule has 0 aliphatic heterocycles. The van der Waals surface area contributed by atoms with Gasteiger partial charge in [0.15, 0.2) is 0 Å². The lowest BCUT2D eigenvalue weighted by Crippen LogP contribution is -2.17. The van der Waals surface area contributed by atoms with Gasteiger partial charge in [-0.2, -0.15) is 0 Å². The average Bonchev–Trinajstić information content (AvgIpc) is 2.39. The first-order valence-electron chi connectivity index (χ1n) is 6.00. The number of benzene rings is 2. The van der Waals surface area contributed by atoms with Gasteiger partial charge < -0.3 is 5.73 Å². The number of rotatable bonds is 4. The molecule has 2 rings (SSSR count). The van der Waals surface area contributed by atoms with E-state index in [1.807, 2.05) is 0 Å². The Bertz CT molecular complexity index is 569. The third kappa shape index (κ3) is 3.15. The summed E-state index contributed by atoms with van der Waals surface area (Å²) in [7, 11) is 0. The van der Waals surface area contributed by atoms with Crippen LogP contribution >= 0.6 is 0 Å². The second kappa shape index (κ2) is 5.89. The summed E-state index contributed by atoms with van der Waals surface area (Å²) < 4.78 is 40.1. The molecule has 2 aromatic rings. The Morgan fingerprint density at radius 2 is 1.68 bits per heavy atom. The van der Waals surface area contributed by atoms with Gasteiger partial charge in [0.2, 0.25) is 0 Å². The van der Waals surface area contributed by atoms with Crippen LogP contribution in [0.2, 0.25) is 0 Å². The minimum absolute atomic E-state index is 0.164. The van der Waals surface area contributed by atoms with Gasteiger partial charge in [-0.1, -0.05) is 24.3 Å². The molecule has 1 unspecified atom stereocenters. The second-order valence-electron chi connectivity index (χ2n) is 4.39. The summed E-state index contributed by atoms with van der Waals surface area (Å²) in [6, 6.07) is 9.66. The lowest BCUT2D eigenvalue weighted by molar-refractivity contribution is 0.543. The molecule has 0 spiro atoms. The van der Waals surface area contributed by atoms with Crippen molar-refractivity contribution in [3.63, 3.8) is 0 Å². The van der Waals surface area contributed by atoms with E-state index in [0.717, 1.165) is 6.07 Å². The van der Waals surface area contributed by atoms with Gasteiger partial charge in [0, 0.05) is 12.0 Å². The summed E-state index contributed by atoms with van der Waals surface area (Å²) in [5.41, 5.74) is 6.41. The highest BCUT2D eigenvalue weighted by molar-refractivity contribution is 5.27. The van der Waals surface area contributed by atoms with Crippen LogP contribution in [-0.4, -0.2) is 6.54 Å². The normalized spacial score (nSPS) is 12.4. The molecule has 0 bridgehead atoms. The first-order chi connectivity index (χ1) is 9.11. The highest BCUT2D eigenvalue weighted by atomic mass is 19.1. The smallest absolute Gasteiger partial charge is 0.129 e. The summed E-state index contributed by atoms with van der Waals surface area (Å²) in [4.78, 5) is 0. The van der Waals surface area contributed by atoms with Crippen LogP contribution in [0.1, 0.15) is 17.0 Å². The van der Waals surface area contributed by atoms with Crippen LogP contribution in [0.3, 0.4) is 0 Å². The fraction of sp³-hybridized carbons (Fsp3) is 0.200. The van der Waals surface area contributed by atoms with Gasteiger partial charge in [-0.25, -0.2) is 13.2 Å². The zero-order valence-electron chi connectivity index (χ0n) is 10.2. The van der Waals surface area contributed by atoms with Crippen LogP contribution in [0.25, 0.3) is 0 Å². The summed E-state index contributed by atoms with van der Waals surface area (Å²) >= 11 is 0. The van der Waals surface area contributed by atoms with Crippen molar-refractivity contribution in [3.05, 3.63) is 71.0 Å². The predicted molar refractivity (Wildman–Crippen MR) is 68.3 cm³/mol.